The topological polar surface area (TPSA) is 58.1 Å². The quantitative estimate of drug-likeness (QED) is 0.909. The molecule has 3 rings (SSSR count). The molecule has 5 nitrogen and oxygen atoms in total. The van der Waals surface area contributed by atoms with Crippen LogP contribution in [0.15, 0.2) is 18.6 Å². The zero-order valence-corrected chi connectivity index (χ0v) is 13.4. The first-order chi connectivity index (χ1) is 10.7. The molecule has 0 bridgehead atoms. The molecule has 2 aliphatic carbocycles. The summed E-state index contributed by atoms with van der Waals surface area (Å²) in [5, 5.41) is 3.22. The van der Waals surface area contributed by atoms with Crippen LogP contribution in [-0.2, 0) is 6.42 Å². The molecule has 2 fully saturated rings. The summed E-state index contributed by atoms with van der Waals surface area (Å²) >= 11 is 0. The van der Waals surface area contributed by atoms with E-state index in [2.05, 4.69) is 15.3 Å². The minimum atomic E-state index is 0.0466. The summed E-state index contributed by atoms with van der Waals surface area (Å²) < 4.78 is 0. The van der Waals surface area contributed by atoms with E-state index in [1.807, 2.05) is 7.05 Å². The van der Waals surface area contributed by atoms with E-state index < -0.39 is 0 Å². The third-order valence-electron chi connectivity index (χ3n) is 5.00. The smallest absolute Gasteiger partial charge is 0.317 e. The van der Waals surface area contributed by atoms with Gasteiger partial charge in [0, 0.05) is 44.6 Å². The summed E-state index contributed by atoms with van der Waals surface area (Å²) in [5.41, 5.74) is 0.925. The van der Waals surface area contributed by atoms with Crippen LogP contribution in [0.5, 0.6) is 0 Å². The monoisotopic (exact) mass is 302 g/mol. The Labute approximate surface area is 132 Å². The summed E-state index contributed by atoms with van der Waals surface area (Å²) in [7, 11) is 1.85. The average molecular weight is 302 g/mol. The second-order valence-corrected chi connectivity index (χ2v) is 6.78. The highest BCUT2D eigenvalue weighted by molar-refractivity contribution is 5.74. The summed E-state index contributed by atoms with van der Waals surface area (Å²) in [6.45, 7) is 0.670. The van der Waals surface area contributed by atoms with Crippen LogP contribution >= 0.6 is 0 Å². The van der Waals surface area contributed by atoms with Crippen molar-refractivity contribution in [3.63, 3.8) is 0 Å². The molecule has 22 heavy (non-hydrogen) atoms. The number of amides is 2. The first kappa shape index (κ1) is 15.3. The number of aromatic nitrogens is 2. The lowest BCUT2D eigenvalue weighted by Gasteiger charge is -2.31. The van der Waals surface area contributed by atoms with Gasteiger partial charge in [0.05, 0.1) is 5.69 Å². The van der Waals surface area contributed by atoms with E-state index in [1.54, 1.807) is 23.5 Å². The second kappa shape index (κ2) is 7.07. The van der Waals surface area contributed by atoms with Gasteiger partial charge in [0.2, 0.25) is 0 Å². The van der Waals surface area contributed by atoms with Crippen molar-refractivity contribution in [1.29, 1.82) is 0 Å². The molecule has 1 aromatic rings. The first-order valence-corrected chi connectivity index (χ1v) is 8.49. The van der Waals surface area contributed by atoms with Crippen molar-refractivity contribution in [2.45, 2.75) is 51.0 Å². The molecule has 0 spiro atoms. The molecule has 0 aromatic carbocycles. The van der Waals surface area contributed by atoms with Crippen LogP contribution in [0.4, 0.5) is 4.79 Å². The maximum absolute atomic E-state index is 12.3. The molecule has 1 heterocycles. The lowest BCUT2D eigenvalue weighted by molar-refractivity contribution is 0.193. The highest BCUT2D eigenvalue weighted by atomic mass is 16.2. The maximum Gasteiger partial charge on any atom is 0.317 e. The van der Waals surface area contributed by atoms with E-state index >= 15 is 0 Å². The van der Waals surface area contributed by atoms with Gasteiger partial charge in [-0.25, -0.2) is 4.79 Å². The van der Waals surface area contributed by atoms with Crippen molar-refractivity contribution >= 4 is 6.03 Å². The van der Waals surface area contributed by atoms with E-state index in [1.165, 1.54) is 32.1 Å². The van der Waals surface area contributed by atoms with Crippen LogP contribution in [0.1, 0.15) is 44.2 Å². The fraction of sp³-hybridized carbons (Fsp3) is 0.706. The Bertz CT molecular complexity index is 489. The number of rotatable bonds is 5. The van der Waals surface area contributed by atoms with Crippen LogP contribution in [0, 0.1) is 11.8 Å². The summed E-state index contributed by atoms with van der Waals surface area (Å²) in [6.07, 6.45) is 13.6. The lowest BCUT2D eigenvalue weighted by atomic mass is 9.83. The van der Waals surface area contributed by atoms with Crippen molar-refractivity contribution in [2.75, 3.05) is 13.6 Å². The number of carbonyl (C=O) groups is 1. The third-order valence-corrected chi connectivity index (χ3v) is 5.00. The van der Waals surface area contributed by atoms with Gasteiger partial charge in [-0.15, -0.1) is 0 Å². The minimum Gasteiger partial charge on any atom is -0.335 e. The predicted octanol–water partition coefficient (Wildman–Crippen LogP) is 2.63. The molecule has 0 saturated heterocycles. The molecular formula is C17H26N4O. The highest BCUT2D eigenvalue weighted by Crippen LogP contribution is 2.43. The molecule has 2 aliphatic rings. The van der Waals surface area contributed by atoms with Gasteiger partial charge in [-0.1, -0.05) is 12.8 Å². The third kappa shape index (κ3) is 4.18. The second-order valence-electron chi connectivity index (χ2n) is 6.78. The molecular weight excluding hydrogens is 276 g/mol. The Kier molecular flexibility index (Phi) is 4.90. The predicted molar refractivity (Wildman–Crippen MR) is 85.4 cm³/mol. The number of nitrogens with one attached hydrogen (secondary N) is 1. The van der Waals surface area contributed by atoms with Crippen LogP contribution < -0.4 is 5.32 Å². The number of hydrogen-bond donors (Lipinski definition) is 1. The van der Waals surface area contributed by atoms with Gasteiger partial charge < -0.3 is 10.2 Å². The molecule has 0 radical (unpaired) electrons. The van der Waals surface area contributed by atoms with Gasteiger partial charge in [-0.2, -0.15) is 0 Å². The van der Waals surface area contributed by atoms with Crippen molar-refractivity contribution in [1.82, 2.24) is 20.2 Å². The summed E-state index contributed by atoms with van der Waals surface area (Å²) in [6, 6.07) is 0.413. The van der Waals surface area contributed by atoms with Gasteiger partial charge in [0.15, 0.2) is 0 Å². The average Bonchev–Trinajstić information content (AvgIpc) is 3.39. The van der Waals surface area contributed by atoms with E-state index in [0.29, 0.717) is 12.6 Å². The first-order valence-electron chi connectivity index (χ1n) is 8.49. The number of likely N-dealkylation sites (N-methyl/N-ethyl adjacent to an activating group) is 1. The van der Waals surface area contributed by atoms with E-state index in [9.17, 15) is 4.79 Å². The largest absolute Gasteiger partial charge is 0.335 e. The molecule has 1 N–H and O–H groups in total. The fourth-order valence-corrected chi connectivity index (χ4v) is 3.48. The summed E-state index contributed by atoms with van der Waals surface area (Å²) in [5.74, 6) is 1.80. The SMILES string of the molecule is CN(CCc1cnccn1)C(=O)N[C@H]1CCC[C@@H](C2CC2)C1. The molecule has 5 heteroatoms. The van der Waals surface area contributed by atoms with E-state index in [0.717, 1.165) is 30.4 Å². The molecule has 0 aliphatic heterocycles. The van der Waals surface area contributed by atoms with Gasteiger partial charge >= 0.3 is 6.03 Å². The zero-order chi connectivity index (χ0) is 15.4. The molecule has 1 aromatic heterocycles. The Morgan fingerprint density at radius 1 is 1.27 bits per heavy atom. The number of nitrogens with zero attached hydrogens (tertiary/aromatic N) is 3. The Balaban J connectivity index is 1.42. The number of carbonyl (C=O) groups excluding carboxylic acids is 1. The maximum atomic E-state index is 12.3. The van der Waals surface area contributed by atoms with Crippen LogP contribution in [-0.4, -0.2) is 40.5 Å². The van der Waals surface area contributed by atoms with Gasteiger partial charge in [-0.3, -0.25) is 9.97 Å². The standard InChI is InChI=1S/C17H26N4O/c1-21(10-7-16-12-18-8-9-19-16)17(22)20-15-4-2-3-14(11-15)13-5-6-13/h8-9,12-15H,2-7,10-11H2,1H3,(H,20,22)/t14-,15+/m1/s1. The molecule has 2 saturated carbocycles. The Hall–Kier alpha value is -1.65. The minimum absolute atomic E-state index is 0.0466. The Morgan fingerprint density at radius 3 is 2.86 bits per heavy atom. The van der Waals surface area contributed by atoms with Crippen molar-refractivity contribution in [2.24, 2.45) is 11.8 Å². The van der Waals surface area contributed by atoms with Gasteiger partial charge in [0.25, 0.3) is 0 Å². The highest BCUT2D eigenvalue weighted by Gasteiger charge is 2.35. The molecule has 0 unspecified atom stereocenters. The van der Waals surface area contributed by atoms with Crippen molar-refractivity contribution in [3.8, 4) is 0 Å². The van der Waals surface area contributed by atoms with Crippen molar-refractivity contribution < 1.29 is 4.79 Å². The summed E-state index contributed by atoms with van der Waals surface area (Å²) in [4.78, 5) is 22.4. The van der Waals surface area contributed by atoms with E-state index in [-0.39, 0.29) is 6.03 Å². The lowest BCUT2D eigenvalue weighted by Crippen LogP contribution is -2.45. The van der Waals surface area contributed by atoms with Gasteiger partial charge in [-0.05, 0) is 37.5 Å². The molecule has 120 valence electrons. The Morgan fingerprint density at radius 2 is 2.14 bits per heavy atom. The normalized spacial score (nSPS) is 24.8. The van der Waals surface area contributed by atoms with Crippen LogP contribution in [0.25, 0.3) is 0 Å². The number of urea groups is 1. The van der Waals surface area contributed by atoms with Crippen LogP contribution in [0.3, 0.4) is 0 Å². The fourth-order valence-electron chi connectivity index (χ4n) is 3.48. The number of hydrogen-bond acceptors (Lipinski definition) is 3. The van der Waals surface area contributed by atoms with Crippen LogP contribution in [0.2, 0.25) is 0 Å². The van der Waals surface area contributed by atoms with E-state index in [4.69, 9.17) is 0 Å². The molecule has 2 atom stereocenters. The van der Waals surface area contributed by atoms with Crippen molar-refractivity contribution in [3.05, 3.63) is 24.3 Å². The zero-order valence-electron chi connectivity index (χ0n) is 13.4. The van der Waals surface area contributed by atoms with Gasteiger partial charge in [0.1, 0.15) is 0 Å². The molecule has 2 amide bonds.